The van der Waals surface area contributed by atoms with Gasteiger partial charge in [-0.1, -0.05) is 171 Å². The van der Waals surface area contributed by atoms with Crippen molar-refractivity contribution >= 4 is 17.9 Å². The molecule has 1 unspecified atom stereocenters. The van der Waals surface area contributed by atoms with Gasteiger partial charge in [-0.3, -0.25) is 14.4 Å². The number of rotatable bonds is 41. The van der Waals surface area contributed by atoms with Gasteiger partial charge in [-0.2, -0.15) is 0 Å². The van der Waals surface area contributed by atoms with Crippen LogP contribution in [0.4, 0.5) is 0 Å². The second kappa shape index (κ2) is 44.8. The summed E-state index contributed by atoms with van der Waals surface area (Å²) in [5.74, 6) is -0.981. The molecular weight excluding hydrogens is 697 g/mol. The van der Waals surface area contributed by atoms with Crippen LogP contribution in [0.2, 0.25) is 0 Å². The first-order valence-corrected chi connectivity index (χ1v) is 23.3. The third kappa shape index (κ3) is 42.3. The molecule has 1 atom stereocenters. The van der Waals surface area contributed by atoms with Crippen LogP contribution in [0, 0.1) is 0 Å². The van der Waals surface area contributed by atoms with Crippen molar-refractivity contribution in [3.63, 3.8) is 0 Å². The van der Waals surface area contributed by atoms with Gasteiger partial charge in [0.2, 0.25) is 0 Å². The lowest BCUT2D eigenvalue weighted by Crippen LogP contribution is -2.30. The minimum atomic E-state index is -0.800. The molecule has 0 rings (SSSR count). The van der Waals surface area contributed by atoms with E-state index in [2.05, 4.69) is 81.5 Å². The molecule has 0 aliphatic rings. The molecule has 0 saturated carbocycles. The van der Waals surface area contributed by atoms with Gasteiger partial charge >= 0.3 is 17.9 Å². The van der Waals surface area contributed by atoms with Crippen molar-refractivity contribution in [2.45, 2.75) is 226 Å². The summed E-state index contributed by atoms with van der Waals surface area (Å²) in [5.41, 5.74) is 0. The molecule has 0 spiro atoms. The first-order chi connectivity index (χ1) is 27.5. The van der Waals surface area contributed by atoms with E-state index in [0.29, 0.717) is 19.3 Å². The fourth-order valence-corrected chi connectivity index (χ4v) is 6.12. The molecule has 0 bridgehead atoms. The maximum atomic E-state index is 12.7. The number of ether oxygens (including phenoxy) is 3. The monoisotopic (exact) mass is 783 g/mol. The Labute approximate surface area is 345 Å². The Bertz CT molecular complexity index is 1040. The summed E-state index contributed by atoms with van der Waals surface area (Å²) in [6.45, 7) is 6.47. The molecule has 56 heavy (non-hydrogen) atoms. The highest BCUT2D eigenvalue weighted by atomic mass is 16.6. The van der Waals surface area contributed by atoms with Crippen molar-refractivity contribution in [3.05, 3.63) is 60.8 Å². The lowest BCUT2D eigenvalue weighted by Gasteiger charge is -2.18. The van der Waals surface area contributed by atoms with Crippen LogP contribution < -0.4 is 0 Å². The zero-order valence-corrected chi connectivity index (χ0v) is 36.6. The highest BCUT2D eigenvalue weighted by Crippen LogP contribution is 2.12. The summed E-state index contributed by atoms with van der Waals surface area (Å²) in [4.78, 5) is 37.7. The average Bonchev–Trinajstić information content (AvgIpc) is 3.19. The summed E-state index contributed by atoms with van der Waals surface area (Å²) in [6, 6.07) is 0. The predicted octanol–water partition coefficient (Wildman–Crippen LogP) is 14.9. The molecule has 0 aliphatic carbocycles. The quantitative estimate of drug-likeness (QED) is 0.0266. The van der Waals surface area contributed by atoms with Gasteiger partial charge < -0.3 is 14.2 Å². The molecule has 0 aromatic carbocycles. The number of carbonyl (C=O) groups is 3. The summed E-state index contributed by atoms with van der Waals surface area (Å²) in [6.07, 6.45) is 53.5. The van der Waals surface area contributed by atoms with Crippen LogP contribution in [0.25, 0.3) is 0 Å². The summed E-state index contributed by atoms with van der Waals surface area (Å²) in [5, 5.41) is 0. The largest absolute Gasteiger partial charge is 0.462 e. The van der Waals surface area contributed by atoms with Gasteiger partial charge in [0.05, 0.1) is 0 Å². The van der Waals surface area contributed by atoms with E-state index in [4.69, 9.17) is 14.2 Å². The normalized spacial score (nSPS) is 12.6. The Balaban J connectivity index is 4.45. The smallest absolute Gasteiger partial charge is 0.306 e. The Hall–Kier alpha value is -2.89. The fourth-order valence-electron chi connectivity index (χ4n) is 6.12. The molecule has 6 heteroatoms. The number of carbonyl (C=O) groups excluding carboxylic acids is 3. The molecule has 0 fully saturated rings. The van der Waals surface area contributed by atoms with Gasteiger partial charge in [-0.25, -0.2) is 0 Å². The molecule has 6 nitrogen and oxygen atoms in total. The van der Waals surface area contributed by atoms with E-state index in [0.717, 1.165) is 89.9 Å². The zero-order chi connectivity index (χ0) is 40.8. The lowest BCUT2D eigenvalue weighted by molar-refractivity contribution is -0.167. The topological polar surface area (TPSA) is 78.9 Å². The van der Waals surface area contributed by atoms with E-state index in [9.17, 15) is 14.4 Å². The molecule has 0 aromatic rings. The van der Waals surface area contributed by atoms with Crippen molar-refractivity contribution in [3.8, 4) is 0 Å². The van der Waals surface area contributed by atoms with E-state index >= 15 is 0 Å². The Morgan fingerprint density at radius 3 is 1.14 bits per heavy atom. The minimum Gasteiger partial charge on any atom is -0.462 e. The Morgan fingerprint density at radius 2 is 0.679 bits per heavy atom. The lowest BCUT2D eigenvalue weighted by atomic mass is 10.1. The van der Waals surface area contributed by atoms with E-state index in [1.165, 1.54) is 83.5 Å². The summed E-state index contributed by atoms with van der Waals surface area (Å²) < 4.78 is 16.6. The van der Waals surface area contributed by atoms with Crippen molar-refractivity contribution in [1.29, 1.82) is 0 Å². The molecule has 0 aromatic heterocycles. The van der Waals surface area contributed by atoms with Crippen LogP contribution in [0.3, 0.4) is 0 Å². The van der Waals surface area contributed by atoms with Crippen molar-refractivity contribution in [2.24, 2.45) is 0 Å². The second-order valence-corrected chi connectivity index (χ2v) is 15.3. The van der Waals surface area contributed by atoms with Crippen LogP contribution in [-0.4, -0.2) is 37.2 Å². The molecule has 0 heterocycles. The zero-order valence-electron chi connectivity index (χ0n) is 36.6. The Kier molecular flexibility index (Phi) is 42.5. The van der Waals surface area contributed by atoms with Crippen molar-refractivity contribution in [2.75, 3.05) is 13.2 Å². The molecule has 322 valence electrons. The van der Waals surface area contributed by atoms with Crippen LogP contribution in [0.1, 0.15) is 220 Å². The highest BCUT2D eigenvalue weighted by molar-refractivity contribution is 5.71. The Morgan fingerprint density at radius 1 is 0.357 bits per heavy atom. The SMILES string of the molecule is CCCC/C=C\CCCCCCCC(=O)OC(COC(=O)CCC/C=C\C/C=C\C/C=C\CCCCCCCC)COC(=O)CCCCCC/C=C\CCCC. The van der Waals surface area contributed by atoms with Crippen molar-refractivity contribution < 1.29 is 28.6 Å². The fraction of sp³-hybridized carbons (Fsp3) is 0.740. The predicted molar refractivity (Wildman–Crippen MR) is 238 cm³/mol. The van der Waals surface area contributed by atoms with Crippen LogP contribution >= 0.6 is 0 Å². The number of allylic oxidation sites excluding steroid dienone is 10. The maximum absolute atomic E-state index is 12.7. The standard InChI is InChI=1S/C50H86O6/c1-4-7-10-13-16-19-22-23-24-25-26-27-29-31-34-37-40-43-49(52)55-46-47(45-54-48(51)42-39-36-33-30-21-18-15-12-9-6-3)56-50(53)44-41-38-35-32-28-20-17-14-11-8-5-2/h14-15,17-18,23-24,26-27,31,34,47H,4-13,16,19-22,25,28-30,32-33,35-46H2,1-3H3/b17-14-,18-15-,24-23-,27-26-,34-31-. The second-order valence-electron chi connectivity index (χ2n) is 15.3. The van der Waals surface area contributed by atoms with E-state index in [-0.39, 0.29) is 37.5 Å². The molecular formula is C50H86O6. The molecule has 0 saturated heterocycles. The minimum absolute atomic E-state index is 0.0998. The van der Waals surface area contributed by atoms with Gasteiger partial charge in [0.1, 0.15) is 13.2 Å². The number of hydrogen-bond acceptors (Lipinski definition) is 6. The van der Waals surface area contributed by atoms with Crippen LogP contribution in [0.15, 0.2) is 60.8 Å². The number of unbranched alkanes of at least 4 members (excludes halogenated alkanes) is 20. The van der Waals surface area contributed by atoms with Gasteiger partial charge in [-0.15, -0.1) is 0 Å². The van der Waals surface area contributed by atoms with Gasteiger partial charge in [0, 0.05) is 19.3 Å². The van der Waals surface area contributed by atoms with Crippen LogP contribution in [0.5, 0.6) is 0 Å². The maximum Gasteiger partial charge on any atom is 0.306 e. The third-order valence-electron chi connectivity index (χ3n) is 9.71. The number of hydrogen-bond donors (Lipinski definition) is 0. The number of esters is 3. The van der Waals surface area contributed by atoms with E-state index < -0.39 is 6.10 Å². The summed E-state index contributed by atoms with van der Waals surface area (Å²) in [7, 11) is 0. The van der Waals surface area contributed by atoms with E-state index in [1.807, 2.05) is 0 Å². The molecule has 0 radical (unpaired) electrons. The van der Waals surface area contributed by atoms with Gasteiger partial charge in [0.15, 0.2) is 6.10 Å². The molecule has 0 aliphatic heterocycles. The first kappa shape index (κ1) is 53.1. The van der Waals surface area contributed by atoms with Crippen LogP contribution in [-0.2, 0) is 28.6 Å². The van der Waals surface area contributed by atoms with E-state index in [1.54, 1.807) is 0 Å². The average molecular weight is 783 g/mol. The van der Waals surface area contributed by atoms with Crippen molar-refractivity contribution in [1.82, 2.24) is 0 Å². The van der Waals surface area contributed by atoms with Gasteiger partial charge in [0.25, 0.3) is 0 Å². The molecule has 0 N–H and O–H groups in total. The highest BCUT2D eigenvalue weighted by Gasteiger charge is 2.19. The molecule has 0 amide bonds. The first-order valence-electron chi connectivity index (χ1n) is 23.3. The van der Waals surface area contributed by atoms with Gasteiger partial charge in [-0.05, 0) is 89.9 Å². The summed E-state index contributed by atoms with van der Waals surface area (Å²) >= 11 is 0. The third-order valence-corrected chi connectivity index (χ3v) is 9.71.